The molecule has 0 atom stereocenters. The summed E-state index contributed by atoms with van der Waals surface area (Å²) in [5.41, 5.74) is 6.54. The summed E-state index contributed by atoms with van der Waals surface area (Å²) in [5, 5.41) is 2.68. The number of hydrogen-bond acceptors (Lipinski definition) is 3. The van der Waals surface area contributed by atoms with E-state index in [-0.39, 0.29) is 5.91 Å². The molecule has 0 unspecified atom stereocenters. The van der Waals surface area contributed by atoms with Crippen LogP contribution in [0.1, 0.15) is 10.4 Å². The molecule has 1 aromatic carbocycles. The fourth-order valence-corrected chi connectivity index (χ4v) is 1.37. The lowest BCUT2D eigenvalue weighted by atomic mass is 10.1. The first-order valence-corrected chi connectivity index (χ1v) is 5.39. The predicted octanol–water partition coefficient (Wildman–Crippen LogP) is 1.92. The summed E-state index contributed by atoms with van der Waals surface area (Å²) in [6.45, 7) is 3.98. The number of ether oxygens (including phenoxy) is 1. The molecule has 0 aromatic heterocycles. The van der Waals surface area contributed by atoms with Crippen molar-refractivity contribution in [1.29, 1.82) is 0 Å². The fourth-order valence-electron chi connectivity index (χ4n) is 1.23. The number of para-hydroxylation sites is 1. The molecule has 0 saturated heterocycles. The lowest BCUT2D eigenvalue weighted by Crippen LogP contribution is -2.25. The Morgan fingerprint density at radius 2 is 2.31 bits per heavy atom. The Morgan fingerprint density at radius 3 is 2.88 bits per heavy atom. The van der Waals surface area contributed by atoms with Gasteiger partial charge in [-0.3, -0.25) is 4.79 Å². The van der Waals surface area contributed by atoms with Crippen LogP contribution in [0.2, 0.25) is 0 Å². The van der Waals surface area contributed by atoms with Gasteiger partial charge in [0.05, 0.1) is 18.4 Å². The number of nitrogen functional groups attached to an aromatic ring is 1. The molecule has 86 valence electrons. The number of rotatable bonds is 4. The third kappa shape index (κ3) is 3.00. The van der Waals surface area contributed by atoms with E-state index in [1.54, 1.807) is 18.2 Å². The number of halogens is 1. The predicted molar refractivity (Wildman–Crippen MR) is 67.8 cm³/mol. The summed E-state index contributed by atoms with van der Waals surface area (Å²) >= 11 is 3.16. The van der Waals surface area contributed by atoms with Gasteiger partial charge in [0.1, 0.15) is 0 Å². The maximum absolute atomic E-state index is 11.8. The minimum atomic E-state index is -0.246. The molecule has 1 rings (SSSR count). The number of nitrogens with two attached hydrogens (primary N) is 1. The largest absolute Gasteiger partial charge is 0.494 e. The number of carbonyl (C=O) groups excluding carboxylic acids is 1. The van der Waals surface area contributed by atoms with Crippen LogP contribution in [0.4, 0.5) is 5.69 Å². The highest BCUT2D eigenvalue weighted by Crippen LogP contribution is 2.25. The maximum Gasteiger partial charge on any atom is 0.255 e. The quantitative estimate of drug-likeness (QED) is 0.831. The second-order valence-corrected chi connectivity index (χ2v) is 4.25. The SMILES string of the molecule is C=C(Br)CNC(=O)c1cccc(N)c1OC. The highest BCUT2D eigenvalue weighted by atomic mass is 79.9. The molecule has 5 heteroatoms. The average molecular weight is 285 g/mol. The Morgan fingerprint density at radius 1 is 1.62 bits per heavy atom. The molecule has 0 fully saturated rings. The highest BCUT2D eigenvalue weighted by Gasteiger charge is 2.13. The number of anilines is 1. The maximum atomic E-state index is 11.8. The van der Waals surface area contributed by atoms with Crippen LogP contribution in [0.25, 0.3) is 0 Å². The smallest absolute Gasteiger partial charge is 0.255 e. The molecule has 3 N–H and O–H groups in total. The summed E-state index contributed by atoms with van der Waals surface area (Å²) in [7, 11) is 1.48. The van der Waals surface area contributed by atoms with Crippen molar-refractivity contribution in [2.75, 3.05) is 19.4 Å². The molecule has 0 aliphatic heterocycles. The molecular weight excluding hydrogens is 272 g/mol. The Hall–Kier alpha value is -1.49. The van der Waals surface area contributed by atoms with Crippen LogP contribution in [-0.2, 0) is 0 Å². The first-order valence-electron chi connectivity index (χ1n) is 4.60. The Balaban J connectivity index is 2.90. The van der Waals surface area contributed by atoms with Crippen LogP contribution in [-0.4, -0.2) is 19.6 Å². The van der Waals surface area contributed by atoms with Gasteiger partial charge in [0.2, 0.25) is 0 Å². The summed E-state index contributed by atoms with van der Waals surface area (Å²) < 4.78 is 5.78. The summed E-state index contributed by atoms with van der Waals surface area (Å²) in [6.07, 6.45) is 0. The molecule has 0 spiro atoms. The van der Waals surface area contributed by atoms with Crippen molar-refractivity contribution < 1.29 is 9.53 Å². The van der Waals surface area contributed by atoms with Gasteiger partial charge >= 0.3 is 0 Å². The summed E-state index contributed by atoms with van der Waals surface area (Å²) in [5.74, 6) is 0.143. The number of carbonyl (C=O) groups is 1. The molecule has 1 aromatic rings. The molecular formula is C11H13BrN2O2. The minimum absolute atomic E-state index is 0.246. The topological polar surface area (TPSA) is 64.4 Å². The number of hydrogen-bond donors (Lipinski definition) is 2. The van der Waals surface area contributed by atoms with Gasteiger partial charge in [-0.25, -0.2) is 0 Å². The van der Waals surface area contributed by atoms with Crippen molar-refractivity contribution in [2.24, 2.45) is 0 Å². The van der Waals surface area contributed by atoms with E-state index in [1.165, 1.54) is 7.11 Å². The van der Waals surface area contributed by atoms with Crippen LogP contribution in [0, 0.1) is 0 Å². The third-order valence-corrected chi connectivity index (χ3v) is 2.22. The van der Waals surface area contributed by atoms with E-state index < -0.39 is 0 Å². The van der Waals surface area contributed by atoms with E-state index in [0.29, 0.717) is 28.0 Å². The van der Waals surface area contributed by atoms with Crippen molar-refractivity contribution in [3.63, 3.8) is 0 Å². The fraction of sp³-hybridized carbons (Fsp3) is 0.182. The lowest BCUT2D eigenvalue weighted by molar-refractivity contribution is 0.0955. The highest BCUT2D eigenvalue weighted by molar-refractivity contribution is 9.11. The molecule has 0 aliphatic carbocycles. The average Bonchev–Trinajstić information content (AvgIpc) is 2.25. The van der Waals surface area contributed by atoms with Gasteiger partial charge < -0.3 is 15.8 Å². The first kappa shape index (κ1) is 12.6. The van der Waals surface area contributed by atoms with Crippen molar-refractivity contribution in [3.05, 3.63) is 34.8 Å². The van der Waals surface area contributed by atoms with Gasteiger partial charge in [-0.1, -0.05) is 28.6 Å². The zero-order valence-electron chi connectivity index (χ0n) is 8.92. The third-order valence-electron chi connectivity index (χ3n) is 1.93. The van der Waals surface area contributed by atoms with Gasteiger partial charge in [-0.15, -0.1) is 0 Å². The summed E-state index contributed by atoms with van der Waals surface area (Å²) in [6, 6.07) is 5.04. The standard InChI is InChI=1S/C11H13BrN2O2/c1-7(12)6-14-11(15)8-4-3-5-9(13)10(8)16-2/h3-5H,1,6,13H2,2H3,(H,14,15). The molecule has 0 aliphatic rings. The molecule has 4 nitrogen and oxygen atoms in total. The first-order chi connectivity index (χ1) is 7.56. The molecule has 0 heterocycles. The van der Waals surface area contributed by atoms with Gasteiger partial charge in [0.15, 0.2) is 5.75 Å². The molecule has 0 saturated carbocycles. The van der Waals surface area contributed by atoms with Gasteiger partial charge in [-0.2, -0.15) is 0 Å². The Labute approximate surface area is 103 Å². The number of methoxy groups -OCH3 is 1. The van der Waals surface area contributed by atoms with Crippen LogP contribution in [0.15, 0.2) is 29.3 Å². The number of benzene rings is 1. The van der Waals surface area contributed by atoms with Crippen molar-refractivity contribution in [2.45, 2.75) is 0 Å². The van der Waals surface area contributed by atoms with E-state index in [0.717, 1.165) is 0 Å². The van der Waals surface area contributed by atoms with Gasteiger partial charge in [0, 0.05) is 11.0 Å². The Bertz CT molecular complexity index is 418. The van der Waals surface area contributed by atoms with Crippen LogP contribution >= 0.6 is 15.9 Å². The minimum Gasteiger partial charge on any atom is -0.494 e. The van der Waals surface area contributed by atoms with Crippen LogP contribution in [0.5, 0.6) is 5.75 Å². The van der Waals surface area contributed by atoms with Crippen molar-refractivity contribution >= 4 is 27.5 Å². The molecule has 1 amide bonds. The van der Waals surface area contributed by atoms with E-state index in [2.05, 4.69) is 27.8 Å². The van der Waals surface area contributed by atoms with Crippen molar-refractivity contribution in [3.8, 4) is 5.75 Å². The Kier molecular flexibility index (Phi) is 4.37. The monoisotopic (exact) mass is 284 g/mol. The van der Waals surface area contributed by atoms with Gasteiger partial charge in [0.25, 0.3) is 5.91 Å². The molecule has 0 bridgehead atoms. The van der Waals surface area contributed by atoms with Crippen molar-refractivity contribution in [1.82, 2.24) is 5.32 Å². The van der Waals surface area contributed by atoms with Gasteiger partial charge in [-0.05, 0) is 12.1 Å². The zero-order chi connectivity index (χ0) is 12.1. The normalized spacial score (nSPS) is 9.62. The summed E-state index contributed by atoms with van der Waals surface area (Å²) in [4.78, 5) is 11.8. The molecule has 0 radical (unpaired) electrons. The lowest BCUT2D eigenvalue weighted by Gasteiger charge is -2.10. The van der Waals surface area contributed by atoms with E-state index >= 15 is 0 Å². The van der Waals surface area contributed by atoms with E-state index in [4.69, 9.17) is 10.5 Å². The van der Waals surface area contributed by atoms with E-state index in [9.17, 15) is 4.79 Å². The molecule has 16 heavy (non-hydrogen) atoms. The van der Waals surface area contributed by atoms with E-state index in [1.807, 2.05) is 0 Å². The number of amides is 1. The second kappa shape index (κ2) is 5.55. The second-order valence-electron chi connectivity index (χ2n) is 3.13. The van der Waals surface area contributed by atoms with Crippen LogP contribution in [0.3, 0.4) is 0 Å². The number of nitrogens with one attached hydrogen (secondary N) is 1. The zero-order valence-corrected chi connectivity index (χ0v) is 10.5. The van der Waals surface area contributed by atoms with Crippen LogP contribution < -0.4 is 15.8 Å².